The average Bonchev–Trinajstić information content (AvgIpc) is 2.82. The molecule has 0 saturated heterocycles. The van der Waals surface area contributed by atoms with Crippen LogP contribution in [0.25, 0.3) is 0 Å². The Labute approximate surface area is 150 Å². The SMILES string of the molecule is CCC(Br)CCC(=O)Nc1ccc2c(c1)C(=O)N(C(C)CC)C2=O. The predicted molar refractivity (Wildman–Crippen MR) is 97.6 cm³/mol. The van der Waals surface area contributed by atoms with Crippen molar-refractivity contribution in [3.63, 3.8) is 0 Å². The molecule has 1 aliphatic rings. The molecule has 2 rings (SSSR count). The van der Waals surface area contributed by atoms with Crippen LogP contribution in [0.3, 0.4) is 0 Å². The van der Waals surface area contributed by atoms with Crippen molar-refractivity contribution in [2.24, 2.45) is 0 Å². The molecular formula is C18H23BrN2O3. The Balaban J connectivity index is 2.11. The summed E-state index contributed by atoms with van der Waals surface area (Å²) in [4.78, 5) is 38.5. The molecule has 1 heterocycles. The number of alkyl halides is 1. The number of imide groups is 1. The highest BCUT2D eigenvalue weighted by Gasteiger charge is 2.37. The van der Waals surface area contributed by atoms with Crippen molar-refractivity contribution in [3.8, 4) is 0 Å². The van der Waals surface area contributed by atoms with Crippen molar-refractivity contribution in [2.45, 2.75) is 57.3 Å². The molecular weight excluding hydrogens is 372 g/mol. The van der Waals surface area contributed by atoms with Gasteiger partial charge in [-0.25, -0.2) is 0 Å². The molecule has 0 aliphatic carbocycles. The molecule has 2 atom stereocenters. The van der Waals surface area contributed by atoms with Crippen molar-refractivity contribution in [2.75, 3.05) is 5.32 Å². The molecule has 24 heavy (non-hydrogen) atoms. The molecule has 0 saturated carbocycles. The lowest BCUT2D eigenvalue weighted by Gasteiger charge is -2.20. The molecule has 2 unspecified atom stereocenters. The van der Waals surface area contributed by atoms with Gasteiger partial charge in [0.05, 0.1) is 11.1 Å². The van der Waals surface area contributed by atoms with Gasteiger partial charge in [-0.3, -0.25) is 19.3 Å². The van der Waals surface area contributed by atoms with E-state index in [1.54, 1.807) is 18.2 Å². The van der Waals surface area contributed by atoms with Crippen LogP contribution in [-0.4, -0.2) is 33.5 Å². The number of rotatable bonds is 7. The smallest absolute Gasteiger partial charge is 0.261 e. The molecule has 5 nitrogen and oxygen atoms in total. The largest absolute Gasteiger partial charge is 0.326 e. The number of nitrogens with one attached hydrogen (secondary N) is 1. The molecule has 0 bridgehead atoms. The average molecular weight is 395 g/mol. The van der Waals surface area contributed by atoms with Crippen molar-refractivity contribution in [1.29, 1.82) is 0 Å². The summed E-state index contributed by atoms with van der Waals surface area (Å²) in [6.07, 6.45) is 2.84. The highest BCUT2D eigenvalue weighted by atomic mass is 79.9. The topological polar surface area (TPSA) is 66.5 Å². The molecule has 1 N–H and O–H groups in total. The highest BCUT2D eigenvalue weighted by molar-refractivity contribution is 9.09. The fraction of sp³-hybridized carbons (Fsp3) is 0.500. The Kier molecular flexibility index (Phi) is 6.15. The van der Waals surface area contributed by atoms with Gasteiger partial charge in [0.15, 0.2) is 0 Å². The Morgan fingerprint density at radius 3 is 2.46 bits per heavy atom. The number of amides is 3. The van der Waals surface area contributed by atoms with Crippen molar-refractivity contribution in [3.05, 3.63) is 29.3 Å². The van der Waals surface area contributed by atoms with E-state index in [1.807, 2.05) is 13.8 Å². The monoisotopic (exact) mass is 394 g/mol. The molecule has 130 valence electrons. The van der Waals surface area contributed by atoms with Gasteiger partial charge in [0.1, 0.15) is 0 Å². The summed E-state index contributed by atoms with van der Waals surface area (Å²) in [5, 5.41) is 2.80. The van der Waals surface area contributed by atoms with Crippen LogP contribution >= 0.6 is 15.9 Å². The number of benzene rings is 1. The lowest BCUT2D eigenvalue weighted by Crippen LogP contribution is -2.37. The summed E-state index contributed by atoms with van der Waals surface area (Å²) in [7, 11) is 0. The van der Waals surface area contributed by atoms with Crippen LogP contribution in [-0.2, 0) is 4.79 Å². The van der Waals surface area contributed by atoms with E-state index in [-0.39, 0.29) is 23.8 Å². The van der Waals surface area contributed by atoms with Gasteiger partial charge in [0.25, 0.3) is 11.8 Å². The lowest BCUT2D eigenvalue weighted by atomic mass is 10.1. The number of hydrogen-bond acceptors (Lipinski definition) is 3. The Hall–Kier alpha value is -1.69. The Morgan fingerprint density at radius 2 is 1.83 bits per heavy atom. The van der Waals surface area contributed by atoms with Gasteiger partial charge in [-0.15, -0.1) is 0 Å². The second kappa shape index (κ2) is 7.92. The first kappa shape index (κ1) is 18.6. The van der Waals surface area contributed by atoms with Gasteiger partial charge >= 0.3 is 0 Å². The standard InChI is InChI=1S/C18H23BrN2O3/c1-4-11(3)21-17(23)14-8-7-13(10-15(14)18(21)24)20-16(22)9-6-12(19)5-2/h7-8,10-12H,4-6,9H2,1-3H3,(H,20,22). The van der Waals surface area contributed by atoms with E-state index in [9.17, 15) is 14.4 Å². The number of carbonyl (C=O) groups is 3. The van der Waals surface area contributed by atoms with E-state index in [0.29, 0.717) is 34.5 Å². The van der Waals surface area contributed by atoms with Crippen LogP contribution in [0.1, 0.15) is 67.2 Å². The normalized spacial score (nSPS) is 16.1. The zero-order valence-corrected chi connectivity index (χ0v) is 15.9. The number of halogens is 1. The highest BCUT2D eigenvalue weighted by Crippen LogP contribution is 2.28. The van der Waals surface area contributed by atoms with Gasteiger partial charge in [-0.2, -0.15) is 0 Å². The second-order valence-corrected chi connectivity index (χ2v) is 7.39. The predicted octanol–water partition coefficient (Wildman–Crippen LogP) is 3.97. The molecule has 0 radical (unpaired) electrons. The maximum Gasteiger partial charge on any atom is 0.261 e. The number of nitrogens with zero attached hydrogens (tertiary/aromatic N) is 1. The third-order valence-electron chi connectivity index (χ3n) is 4.36. The third kappa shape index (κ3) is 3.86. The summed E-state index contributed by atoms with van der Waals surface area (Å²) in [6.45, 7) is 5.85. The molecule has 0 fully saturated rings. The number of carbonyl (C=O) groups excluding carboxylic acids is 3. The zero-order chi connectivity index (χ0) is 17.9. The fourth-order valence-corrected chi connectivity index (χ4v) is 2.86. The summed E-state index contributed by atoms with van der Waals surface area (Å²) >= 11 is 3.51. The minimum Gasteiger partial charge on any atom is -0.326 e. The summed E-state index contributed by atoms with van der Waals surface area (Å²) in [5.74, 6) is -0.636. The van der Waals surface area contributed by atoms with E-state index in [4.69, 9.17) is 0 Å². The van der Waals surface area contributed by atoms with Gasteiger partial charge < -0.3 is 5.32 Å². The quantitative estimate of drug-likeness (QED) is 0.561. The first-order valence-electron chi connectivity index (χ1n) is 8.34. The molecule has 1 aromatic rings. The van der Waals surface area contributed by atoms with Crippen LogP contribution in [0.4, 0.5) is 5.69 Å². The van der Waals surface area contributed by atoms with E-state index < -0.39 is 0 Å². The molecule has 3 amide bonds. The molecule has 0 aromatic heterocycles. The van der Waals surface area contributed by atoms with E-state index in [2.05, 4.69) is 28.2 Å². The Morgan fingerprint density at radius 1 is 1.17 bits per heavy atom. The fourth-order valence-electron chi connectivity index (χ4n) is 2.64. The van der Waals surface area contributed by atoms with Gasteiger partial charge in [0, 0.05) is 23.0 Å². The minimum atomic E-state index is -0.285. The van der Waals surface area contributed by atoms with E-state index in [1.165, 1.54) is 4.90 Å². The second-order valence-electron chi connectivity index (χ2n) is 6.09. The first-order valence-corrected chi connectivity index (χ1v) is 9.26. The van der Waals surface area contributed by atoms with E-state index >= 15 is 0 Å². The third-order valence-corrected chi connectivity index (χ3v) is 5.47. The van der Waals surface area contributed by atoms with Crippen LogP contribution in [0, 0.1) is 0 Å². The van der Waals surface area contributed by atoms with Crippen LogP contribution < -0.4 is 5.32 Å². The summed E-state index contributed by atoms with van der Waals surface area (Å²) in [6, 6.07) is 4.75. The van der Waals surface area contributed by atoms with Crippen molar-refractivity contribution < 1.29 is 14.4 Å². The number of fused-ring (bicyclic) bond motifs is 1. The number of hydrogen-bond donors (Lipinski definition) is 1. The summed E-state index contributed by atoms with van der Waals surface area (Å²) in [5.41, 5.74) is 1.32. The first-order chi connectivity index (χ1) is 11.4. The lowest BCUT2D eigenvalue weighted by molar-refractivity contribution is -0.116. The number of anilines is 1. The van der Waals surface area contributed by atoms with Crippen LogP contribution in [0.2, 0.25) is 0 Å². The van der Waals surface area contributed by atoms with Crippen molar-refractivity contribution in [1.82, 2.24) is 4.90 Å². The molecule has 1 aromatic carbocycles. The molecule has 0 spiro atoms. The minimum absolute atomic E-state index is 0.0941. The maximum absolute atomic E-state index is 12.5. The molecule has 6 heteroatoms. The van der Waals surface area contributed by atoms with Gasteiger partial charge in [-0.05, 0) is 44.4 Å². The van der Waals surface area contributed by atoms with Crippen LogP contribution in [0.5, 0.6) is 0 Å². The Bertz CT molecular complexity index is 660. The molecule has 1 aliphatic heterocycles. The van der Waals surface area contributed by atoms with Crippen molar-refractivity contribution >= 4 is 39.3 Å². The maximum atomic E-state index is 12.5. The van der Waals surface area contributed by atoms with E-state index in [0.717, 1.165) is 12.8 Å². The summed E-state index contributed by atoms with van der Waals surface area (Å²) < 4.78 is 0. The zero-order valence-electron chi connectivity index (χ0n) is 14.3. The van der Waals surface area contributed by atoms with Gasteiger partial charge in [0.2, 0.25) is 5.91 Å². The van der Waals surface area contributed by atoms with Gasteiger partial charge in [-0.1, -0.05) is 29.8 Å². The van der Waals surface area contributed by atoms with Crippen LogP contribution in [0.15, 0.2) is 18.2 Å².